The Kier molecular flexibility index (Phi) is 4.97. The molecule has 6 heteroatoms. The van der Waals surface area contributed by atoms with E-state index in [-0.39, 0.29) is 6.42 Å². The molecule has 0 spiro atoms. The largest absolute Gasteiger partial charge is 0.318 e. The summed E-state index contributed by atoms with van der Waals surface area (Å²) in [5.41, 5.74) is 6.18. The maximum absolute atomic E-state index is 11.2. The lowest BCUT2D eigenvalue weighted by Crippen LogP contribution is -2.16. The van der Waals surface area contributed by atoms with Crippen molar-refractivity contribution in [3.05, 3.63) is 52.3 Å². The van der Waals surface area contributed by atoms with Crippen LogP contribution in [0, 0.1) is 25.2 Å². The average molecular weight is 315 g/mol. The molecule has 0 fully saturated rings. The molecule has 1 aromatic heterocycles. The Morgan fingerprint density at radius 2 is 2.23 bits per heavy atom. The summed E-state index contributed by atoms with van der Waals surface area (Å²) in [6.07, 6.45) is 1.36. The number of hydrogen-bond acceptors (Lipinski definition) is 3. The molecular formula is C16H15ClN4O. The molecule has 5 nitrogen and oxygen atoms in total. The number of benzene rings is 1. The summed E-state index contributed by atoms with van der Waals surface area (Å²) in [4.78, 5) is 11.2. The Balaban J connectivity index is 2.26. The molecule has 0 saturated carbocycles. The normalized spacial score (nSPS) is 10.6. The van der Waals surface area contributed by atoms with E-state index >= 15 is 0 Å². The summed E-state index contributed by atoms with van der Waals surface area (Å²) in [6, 6.07) is 11.3. The lowest BCUT2D eigenvalue weighted by atomic mass is 10.2. The van der Waals surface area contributed by atoms with Crippen LogP contribution in [0.5, 0.6) is 0 Å². The molecule has 0 bridgehead atoms. The molecule has 0 aliphatic carbocycles. The highest BCUT2D eigenvalue weighted by atomic mass is 35.5. The lowest BCUT2D eigenvalue weighted by molar-refractivity contribution is -0.120. The third-order valence-electron chi connectivity index (χ3n) is 3.17. The molecule has 0 saturated heterocycles. The second-order valence-corrected chi connectivity index (χ2v) is 5.21. The lowest BCUT2D eigenvalue weighted by Gasteiger charge is -2.09. The van der Waals surface area contributed by atoms with Crippen molar-refractivity contribution in [1.82, 2.24) is 9.99 Å². The number of amides is 1. The van der Waals surface area contributed by atoms with Crippen LogP contribution in [-0.4, -0.2) is 16.7 Å². The fraction of sp³-hybridized carbons (Fsp3) is 0.188. The van der Waals surface area contributed by atoms with Crippen LogP contribution in [0.15, 0.2) is 35.4 Å². The predicted octanol–water partition coefficient (Wildman–Crippen LogP) is 3.11. The van der Waals surface area contributed by atoms with Gasteiger partial charge in [-0.05, 0) is 38.1 Å². The van der Waals surface area contributed by atoms with E-state index in [9.17, 15) is 4.79 Å². The first-order valence-electron chi connectivity index (χ1n) is 6.66. The summed E-state index contributed by atoms with van der Waals surface area (Å²) >= 11 is 6.04. The van der Waals surface area contributed by atoms with Crippen LogP contribution < -0.4 is 5.43 Å². The standard InChI is InChI=1S/C16H15ClN4O/c1-11-8-13(10-19-20-16(22)6-7-18)12(2)21(11)15-5-3-4-14(17)9-15/h3-5,8-10H,6H2,1-2H3,(H,20,22). The van der Waals surface area contributed by atoms with E-state index in [0.29, 0.717) is 5.02 Å². The molecule has 22 heavy (non-hydrogen) atoms. The van der Waals surface area contributed by atoms with Crippen LogP contribution in [0.1, 0.15) is 23.4 Å². The molecular weight excluding hydrogens is 300 g/mol. The molecule has 112 valence electrons. The minimum absolute atomic E-state index is 0.209. The van der Waals surface area contributed by atoms with E-state index in [1.807, 2.05) is 44.2 Å². The van der Waals surface area contributed by atoms with Gasteiger partial charge in [-0.3, -0.25) is 4.79 Å². The maximum Gasteiger partial charge on any atom is 0.254 e. The van der Waals surface area contributed by atoms with Crippen molar-refractivity contribution < 1.29 is 4.79 Å². The summed E-state index contributed by atoms with van der Waals surface area (Å²) in [5, 5.41) is 13.0. The minimum Gasteiger partial charge on any atom is -0.318 e. The number of aryl methyl sites for hydroxylation is 1. The summed E-state index contributed by atoms with van der Waals surface area (Å²) in [6.45, 7) is 3.95. The molecule has 0 atom stereocenters. The maximum atomic E-state index is 11.2. The summed E-state index contributed by atoms with van der Waals surface area (Å²) < 4.78 is 2.06. The first-order valence-corrected chi connectivity index (χ1v) is 7.04. The third kappa shape index (κ3) is 3.54. The van der Waals surface area contributed by atoms with Crippen LogP contribution in [0.25, 0.3) is 5.69 Å². The number of carbonyl (C=O) groups excluding carboxylic acids is 1. The summed E-state index contributed by atoms with van der Waals surface area (Å²) in [7, 11) is 0. The number of carbonyl (C=O) groups is 1. The quantitative estimate of drug-likeness (QED) is 0.696. The van der Waals surface area contributed by atoms with Crippen LogP contribution in [0.2, 0.25) is 5.02 Å². The number of halogens is 1. The van der Waals surface area contributed by atoms with Gasteiger partial charge in [0.1, 0.15) is 6.42 Å². The van der Waals surface area contributed by atoms with Crippen LogP contribution in [0.3, 0.4) is 0 Å². The number of nitrogens with zero attached hydrogens (tertiary/aromatic N) is 3. The van der Waals surface area contributed by atoms with E-state index in [0.717, 1.165) is 22.6 Å². The van der Waals surface area contributed by atoms with Crippen molar-refractivity contribution in [3.63, 3.8) is 0 Å². The van der Waals surface area contributed by atoms with Gasteiger partial charge in [0.05, 0.1) is 12.3 Å². The minimum atomic E-state index is -0.428. The third-order valence-corrected chi connectivity index (χ3v) is 3.40. The van der Waals surface area contributed by atoms with Crippen LogP contribution >= 0.6 is 11.6 Å². The first-order chi connectivity index (χ1) is 10.5. The highest BCUT2D eigenvalue weighted by Gasteiger charge is 2.09. The summed E-state index contributed by atoms with van der Waals surface area (Å²) in [5.74, 6) is -0.428. The van der Waals surface area contributed by atoms with Gasteiger partial charge in [0.15, 0.2) is 0 Å². The van der Waals surface area contributed by atoms with Gasteiger partial charge in [0.2, 0.25) is 0 Å². The fourth-order valence-electron chi connectivity index (χ4n) is 2.22. The van der Waals surface area contributed by atoms with Gasteiger partial charge in [-0.15, -0.1) is 0 Å². The Hall–Kier alpha value is -2.58. The van der Waals surface area contributed by atoms with Gasteiger partial charge in [-0.25, -0.2) is 5.43 Å². The highest BCUT2D eigenvalue weighted by molar-refractivity contribution is 6.30. The van der Waals surface area contributed by atoms with Crippen molar-refractivity contribution in [1.29, 1.82) is 5.26 Å². The Morgan fingerprint density at radius 3 is 2.91 bits per heavy atom. The average Bonchev–Trinajstić information content (AvgIpc) is 2.74. The predicted molar refractivity (Wildman–Crippen MR) is 86.2 cm³/mol. The zero-order chi connectivity index (χ0) is 16.1. The second-order valence-electron chi connectivity index (χ2n) is 4.77. The fourth-order valence-corrected chi connectivity index (χ4v) is 2.40. The molecule has 2 aromatic rings. The van der Waals surface area contributed by atoms with Gasteiger partial charge in [0.25, 0.3) is 5.91 Å². The van der Waals surface area contributed by atoms with Crippen molar-refractivity contribution in [2.75, 3.05) is 0 Å². The molecule has 0 aliphatic heterocycles. The van der Waals surface area contributed by atoms with E-state index in [2.05, 4.69) is 15.1 Å². The molecule has 1 heterocycles. The van der Waals surface area contributed by atoms with E-state index in [1.165, 1.54) is 0 Å². The molecule has 1 aromatic carbocycles. The first kappa shape index (κ1) is 15.8. The SMILES string of the molecule is Cc1cc(C=NNC(=O)CC#N)c(C)n1-c1cccc(Cl)c1. The second kappa shape index (κ2) is 6.92. The molecule has 0 radical (unpaired) electrons. The molecule has 1 amide bonds. The van der Waals surface area contributed by atoms with E-state index in [1.54, 1.807) is 12.3 Å². The zero-order valence-corrected chi connectivity index (χ0v) is 13.1. The van der Waals surface area contributed by atoms with Crippen molar-refractivity contribution in [2.45, 2.75) is 20.3 Å². The van der Waals surface area contributed by atoms with Crippen LogP contribution in [-0.2, 0) is 4.79 Å². The van der Waals surface area contributed by atoms with E-state index < -0.39 is 5.91 Å². The number of nitriles is 1. The highest BCUT2D eigenvalue weighted by Crippen LogP contribution is 2.22. The molecule has 0 aliphatic rings. The van der Waals surface area contributed by atoms with Crippen molar-refractivity contribution in [3.8, 4) is 11.8 Å². The Labute approximate surface area is 133 Å². The van der Waals surface area contributed by atoms with Gasteiger partial charge in [-0.1, -0.05) is 17.7 Å². The number of hydrazone groups is 1. The van der Waals surface area contributed by atoms with Crippen molar-refractivity contribution >= 4 is 23.7 Å². The topological polar surface area (TPSA) is 70.2 Å². The van der Waals surface area contributed by atoms with Gasteiger partial charge >= 0.3 is 0 Å². The monoisotopic (exact) mass is 314 g/mol. The molecule has 1 N–H and O–H groups in total. The molecule has 0 unspecified atom stereocenters. The number of rotatable bonds is 4. The van der Waals surface area contributed by atoms with E-state index in [4.69, 9.17) is 16.9 Å². The number of aromatic nitrogens is 1. The van der Waals surface area contributed by atoms with Crippen molar-refractivity contribution in [2.24, 2.45) is 5.10 Å². The van der Waals surface area contributed by atoms with Gasteiger partial charge < -0.3 is 4.57 Å². The Morgan fingerprint density at radius 1 is 1.45 bits per heavy atom. The Bertz CT molecular complexity index is 771. The number of hydrogen-bond donors (Lipinski definition) is 1. The van der Waals surface area contributed by atoms with Gasteiger partial charge in [0, 0.05) is 27.7 Å². The molecule has 2 rings (SSSR count). The zero-order valence-electron chi connectivity index (χ0n) is 12.3. The van der Waals surface area contributed by atoms with Crippen LogP contribution in [0.4, 0.5) is 0 Å². The number of nitrogens with one attached hydrogen (secondary N) is 1. The smallest absolute Gasteiger partial charge is 0.254 e. The van der Waals surface area contributed by atoms with Gasteiger partial charge in [-0.2, -0.15) is 10.4 Å².